The fraction of sp³-hybridized carbons (Fsp3) is 0.304. The minimum absolute atomic E-state index is 0. The molecule has 2 rings (SSSR count). The number of carboxylic acid groups (broad SMARTS) is 1. The molecular formula is C23H24Cl2NNaO5. The van der Waals surface area contributed by atoms with Gasteiger partial charge in [-0.3, -0.25) is 4.79 Å². The van der Waals surface area contributed by atoms with Crippen molar-refractivity contribution >= 4 is 41.2 Å². The van der Waals surface area contributed by atoms with Crippen molar-refractivity contribution in [1.29, 1.82) is 0 Å². The molecule has 0 aliphatic rings. The van der Waals surface area contributed by atoms with Crippen molar-refractivity contribution in [3.05, 3.63) is 75.3 Å². The van der Waals surface area contributed by atoms with Gasteiger partial charge in [-0.25, -0.2) is 0 Å². The smallest absolute Gasteiger partial charge is 0.548 e. The summed E-state index contributed by atoms with van der Waals surface area (Å²) in [6.07, 6.45) is 3.39. The first-order chi connectivity index (χ1) is 14.8. The topological polar surface area (TPSA) is 87.7 Å². The van der Waals surface area contributed by atoms with E-state index in [0.29, 0.717) is 13.2 Å². The molecule has 0 bridgehead atoms. The van der Waals surface area contributed by atoms with E-state index in [1.54, 1.807) is 25.3 Å². The van der Waals surface area contributed by atoms with Crippen LogP contribution in [0.5, 0.6) is 0 Å². The van der Waals surface area contributed by atoms with Crippen LogP contribution >= 0.6 is 23.2 Å². The monoisotopic (exact) mass is 487 g/mol. The van der Waals surface area contributed by atoms with E-state index in [2.05, 4.69) is 5.32 Å². The Morgan fingerprint density at radius 1 is 1.09 bits per heavy atom. The van der Waals surface area contributed by atoms with Crippen LogP contribution in [0.3, 0.4) is 0 Å². The van der Waals surface area contributed by atoms with Gasteiger partial charge in [0.05, 0.1) is 46.9 Å². The molecule has 2 unspecified atom stereocenters. The molecule has 0 aromatic heterocycles. The first-order valence-electron chi connectivity index (χ1n) is 9.66. The third-order valence-corrected chi connectivity index (χ3v) is 5.15. The first kappa shape index (κ1) is 28.7. The predicted octanol–water partition coefficient (Wildman–Crippen LogP) is 0.673. The number of carboxylic acids is 1. The number of ether oxygens (including phenoxy) is 2. The van der Waals surface area contributed by atoms with Crippen LogP contribution in [0.15, 0.2) is 48.5 Å². The fourth-order valence-corrected chi connectivity index (χ4v) is 3.35. The maximum Gasteiger partial charge on any atom is 1.00 e. The third kappa shape index (κ3) is 8.87. The molecule has 0 saturated heterocycles. The van der Waals surface area contributed by atoms with Crippen molar-refractivity contribution in [2.45, 2.75) is 25.5 Å². The zero-order chi connectivity index (χ0) is 22.8. The molecule has 0 aliphatic heterocycles. The number of halogens is 2. The molecule has 9 heteroatoms. The zero-order valence-electron chi connectivity index (χ0n) is 18.3. The van der Waals surface area contributed by atoms with E-state index in [1.807, 2.05) is 31.2 Å². The Labute approximate surface area is 220 Å². The molecule has 2 aromatic carbocycles. The summed E-state index contributed by atoms with van der Waals surface area (Å²) in [6, 6.07) is 11.1. The molecule has 0 heterocycles. The van der Waals surface area contributed by atoms with Gasteiger partial charge in [-0.1, -0.05) is 65.7 Å². The molecule has 2 atom stereocenters. The number of hydrogen-bond acceptors (Lipinski definition) is 5. The summed E-state index contributed by atoms with van der Waals surface area (Å²) in [5.41, 5.74) is 1.92. The summed E-state index contributed by atoms with van der Waals surface area (Å²) in [5.74, 6) is -2.08. The number of hydrogen-bond donors (Lipinski definition) is 1. The quantitative estimate of drug-likeness (QED) is 0.371. The van der Waals surface area contributed by atoms with E-state index in [4.69, 9.17) is 32.7 Å². The average Bonchev–Trinajstić information content (AvgIpc) is 2.73. The molecule has 0 aliphatic carbocycles. The fourth-order valence-electron chi connectivity index (χ4n) is 2.78. The van der Waals surface area contributed by atoms with Gasteiger partial charge in [-0.2, -0.15) is 0 Å². The van der Waals surface area contributed by atoms with E-state index >= 15 is 0 Å². The molecule has 1 amide bonds. The molecule has 0 radical (unpaired) electrons. The molecule has 0 saturated carbocycles. The SMILES string of the molecule is COCCOC(C)c1ccc(/C=C/CC(NC(=O)c2c(Cl)cccc2Cl)C(=O)[O-])cc1.[Na+]. The van der Waals surface area contributed by atoms with Crippen LogP contribution in [0.2, 0.25) is 10.0 Å². The van der Waals surface area contributed by atoms with E-state index < -0.39 is 17.9 Å². The maximum absolute atomic E-state index is 12.4. The first-order valence-corrected chi connectivity index (χ1v) is 10.4. The van der Waals surface area contributed by atoms with Gasteiger partial charge in [-0.15, -0.1) is 0 Å². The Balaban J connectivity index is 0.00000512. The van der Waals surface area contributed by atoms with Crippen LogP contribution in [-0.2, 0) is 14.3 Å². The maximum atomic E-state index is 12.4. The van der Waals surface area contributed by atoms with Crippen molar-refractivity contribution in [2.75, 3.05) is 20.3 Å². The summed E-state index contributed by atoms with van der Waals surface area (Å²) in [4.78, 5) is 23.9. The van der Waals surface area contributed by atoms with Crippen molar-refractivity contribution in [3.63, 3.8) is 0 Å². The Kier molecular flexibility index (Phi) is 13.2. The van der Waals surface area contributed by atoms with Crippen LogP contribution in [-0.4, -0.2) is 38.2 Å². The number of benzene rings is 2. The summed E-state index contributed by atoms with van der Waals surface area (Å²) >= 11 is 12.0. The normalized spacial score (nSPS) is 12.8. The predicted molar refractivity (Wildman–Crippen MR) is 119 cm³/mol. The summed E-state index contributed by atoms with van der Waals surface area (Å²) in [7, 11) is 1.62. The van der Waals surface area contributed by atoms with Crippen LogP contribution in [0.1, 0.15) is 40.9 Å². The Hall–Kier alpha value is -1.38. The Morgan fingerprint density at radius 3 is 2.28 bits per heavy atom. The molecular weight excluding hydrogens is 464 g/mol. The van der Waals surface area contributed by atoms with Crippen LogP contribution in [0.4, 0.5) is 0 Å². The van der Waals surface area contributed by atoms with E-state index in [-0.39, 0.29) is 57.7 Å². The van der Waals surface area contributed by atoms with Crippen LogP contribution in [0, 0.1) is 0 Å². The molecule has 6 nitrogen and oxygen atoms in total. The van der Waals surface area contributed by atoms with Gasteiger partial charge < -0.3 is 24.7 Å². The van der Waals surface area contributed by atoms with Crippen LogP contribution < -0.4 is 40.0 Å². The molecule has 166 valence electrons. The van der Waals surface area contributed by atoms with Crippen LogP contribution in [0.25, 0.3) is 6.08 Å². The van der Waals surface area contributed by atoms with Gasteiger partial charge in [0.2, 0.25) is 0 Å². The van der Waals surface area contributed by atoms with Gasteiger partial charge >= 0.3 is 29.6 Å². The van der Waals surface area contributed by atoms with Gasteiger partial charge in [-0.05, 0) is 36.6 Å². The Morgan fingerprint density at radius 2 is 1.72 bits per heavy atom. The summed E-state index contributed by atoms with van der Waals surface area (Å²) in [6.45, 7) is 3.00. The molecule has 1 N–H and O–H groups in total. The van der Waals surface area contributed by atoms with E-state index in [9.17, 15) is 14.7 Å². The van der Waals surface area contributed by atoms with Crippen molar-refractivity contribution < 1.29 is 53.7 Å². The molecule has 0 fully saturated rings. The zero-order valence-corrected chi connectivity index (χ0v) is 21.8. The van der Waals surface area contributed by atoms with Gasteiger partial charge in [0.25, 0.3) is 5.91 Å². The van der Waals surface area contributed by atoms with Gasteiger partial charge in [0, 0.05) is 7.11 Å². The molecule has 32 heavy (non-hydrogen) atoms. The number of methoxy groups -OCH3 is 1. The van der Waals surface area contributed by atoms with Gasteiger partial charge in [0.15, 0.2) is 0 Å². The average molecular weight is 488 g/mol. The Bertz CT molecular complexity index is 901. The number of carbonyl (C=O) groups is 2. The minimum atomic E-state index is -1.40. The van der Waals surface area contributed by atoms with E-state index in [0.717, 1.165) is 11.1 Å². The summed E-state index contributed by atoms with van der Waals surface area (Å²) in [5, 5.41) is 14.1. The van der Waals surface area contributed by atoms with Crippen molar-refractivity contribution in [3.8, 4) is 0 Å². The number of rotatable bonds is 11. The largest absolute Gasteiger partial charge is 1.00 e. The second-order valence-electron chi connectivity index (χ2n) is 6.75. The summed E-state index contributed by atoms with van der Waals surface area (Å²) < 4.78 is 10.6. The third-order valence-electron chi connectivity index (χ3n) is 4.52. The minimum Gasteiger partial charge on any atom is -0.548 e. The standard InChI is InChI=1S/C23H25Cl2NO5.Na/c1-15(31-14-13-30-2)17-11-9-16(10-12-17)5-3-8-20(23(28)29)26-22(27)21-18(24)6-4-7-19(21)25;/h3-7,9-12,15,20H,8,13-14H2,1-2H3,(H,26,27)(H,28,29);/q;+1/p-1/b5-3+;. The number of nitrogens with one attached hydrogen (secondary N) is 1. The molecule has 0 spiro atoms. The molecule has 2 aromatic rings. The number of aliphatic carboxylic acids is 1. The number of amides is 1. The second kappa shape index (κ2) is 14.7. The van der Waals surface area contributed by atoms with E-state index in [1.165, 1.54) is 12.1 Å². The van der Waals surface area contributed by atoms with Crippen molar-refractivity contribution in [1.82, 2.24) is 5.32 Å². The number of carbonyl (C=O) groups excluding carboxylic acids is 2. The second-order valence-corrected chi connectivity index (χ2v) is 7.57. The van der Waals surface area contributed by atoms with Crippen molar-refractivity contribution in [2.24, 2.45) is 0 Å². The van der Waals surface area contributed by atoms with Gasteiger partial charge in [0.1, 0.15) is 0 Å².